The van der Waals surface area contributed by atoms with Crippen molar-refractivity contribution in [3.8, 4) is 5.75 Å². The van der Waals surface area contributed by atoms with Crippen LogP contribution < -0.4 is 4.74 Å². The van der Waals surface area contributed by atoms with E-state index in [-0.39, 0.29) is 17.4 Å². The molecule has 1 amide bonds. The van der Waals surface area contributed by atoms with Crippen LogP contribution in [0.5, 0.6) is 5.75 Å². The highest BCUT2D eigenvalue weighted by molar-refractivity contribution is 6.46. The Morgan fingerprint density at radius 2 is 1.78 bits per heavy atom. The lowest BCUT2D eigenvalue weighted by molar-refractivity contribution is -0.140. The number of hydrogen-bond acceptors (Lipinski definition) is 6. The number of hydrogen-bond donors (Lipinski definition) is 1. The minimum Gasteiger partial charge on any atom is -0.507 e. The number of Topliss-reactive ketones (excluding diaryl/α,β-unsaturated/α-hetero) is 1. The van der Waals surface area contributed by atoms with E-state index in [9.17, 15) is 14.7 Å². The number of ether oxygens (including phenoxy) is 2. The molecule has 0 radical (unpaired) electrons. The first-order chi connectivity index (χ1) is 18.0. The lowest BCUT2D eigenvalue weighted by Gasteiger charge is -2.31. The normalized spacial score (nSPS) is 23.4. The zero-order valence-electron chi connectivity index (χ0n) is 20.9. The van der Waals surface area contributed by atoms with Gasteiger partial charge in [-0.05, 0) is 47.0 Å². The van der Waals surface area contributed by atoms with E-state index in [4.69, 9.17) is 9.47 Å². The molecule has 0 aromatic heterocycles. The van der Waals surface area contributed by atoms with Gasteiger partial charge in [-0.3, -0.25) is 14.5 Å². The van der Waals surface area contributed by atoms with Gasteiger partial charge in [-0.15, -0.1) is 0 Å². The molecule has 1 N–H and O–H groups in total. The quantitative estimate of drug-likeness (QED) is 0.326. The second kappa shape index (κ2) is 9.65. The summed E-state index contributed by atoms with van der Waals surface area (Å²) < 4.78 is 11.3. The molecule has 3 aromatic carbocycles. The molecular formula is C30H30N2O5. The van der Waals surface area contributed by atoms with E-state index < -0.39 is 17.7 Å². The zero-order valence-corrected chi connectivity index (χ0v) is 20.9. The lowest BCUT2D eigenvalue weighted by Crippen LogP contribution is -2.42. The van der Waals surface area contributed by atoms with E-state index in [0.717, 1.165) is 47.2 Å². The fourth-order valence-corrected chi connectivity index (χ4v) is 5.72. The fraction of sp³-hybridized carbons (Fsp3) is 0.333. The average Bonchev–Trinajstić information content (AvgIpc) is 3.42. The van der Waals surface area contributed by atoms with Gasteiger partial charge in [-0.2, -0.15) is 0 Å². The van der Waals surface area contributed by atoms with Crippen LogP contribution >= 0.6 is 0 Å². The van der Waals surface area contributed by atoms with Crippen LogP contribution in [-0.2, 0) is 20.7 Å². The summed E-state index contributed by atoms with van der Waals surface area (Å²) in [6, 6.07) is 18.6. The minimum atomic E-state index is -0.685. The number of benzene rings is 3. The maximum Gasteiger partial charge on any atom is 0.295 e. The second-order valence-electron chi connectivity index (χ2n) is 9.97. The maximum absolute atomic E-state index is 13.5. The van der Waals surface area contributed by atoms with Crippen LogP contribution in [0.3, 0.4) is 0 Å². The van der Waals surface area contributed by atoms with Crippen molar-refractivity contribution in [2.75, 3.05) is 39.4 Å². The summed E-state index contributed by atoms with van der Waals surface area (Å²) in [5.41, 5.74) is 2.47. The molecule has 0 spiro atoms. The highest BCUT2D eigenvalue weighted by Crippen LogP contribution is 2.42. The van der Waals surface area contributed by atoms with Crippen LogP contribution in [0.4, 0.5) is 0 Å². The van der Waals surface area contributed by atoms with Crippen molar-refractivity contribution in [3.63, 3.8) is 0 Å². The summed E-state index contributed by atoms with van der Waals surface area (Å²) in [5.74, 6) is -0.582. The van der Waals surface area contributed by atoms with Crippen molar-refractivity contribution in [1.29, 1.82) is 0 Å². The Kier molecular flexibility index (Phi) is 6.18. The number of amides is 1. The van der Waals surface area contributed by atoms with Gasteiger partial charge in [0.25, 0.3) is 11.7 Å². The fourth-order valence-electron chi connectivity index (χ4n) is 5.72. The van der Waals surface area contributed by atoms with E-state index in [2.05, 4.69) is 4.90 Å². The predicted octanol–water partition coefficient (Wildman–Crippen LogP) is 3.92. The summed E-state index contributed by atoms with van der Waals surface area (Å²) in [6.07, 6.45) is 0.797. The molecule has 0 bridgehead atoms. The molecule has 2 saturated heterocycles. The Labute approximate surface area is 215 Å². The van der Waals surface area contributed by atoms with Gasteiger partial charge in [0.2, 0.25) is 0 Å². The van der Waals surface area contributed by atoms with Gasteiger partial charge >= 0.3 is 0 Å². The van der Waals surface area contributed by atoms with Gasteiger partial charge in [-0.1, -0.05) is 42.5 Å². The number of likely N-dealkylation sites (tertiary alicyclic amines) is 1. The van der Waals surface area contributed by atoms with Crippen molar-refractivity contribution < 1.29 is 24.2 Å². The van der Waals surface area contributed by atoms with Gasteiger partial charge < -0.3 is 19.5 Å². The van der Waals surface area contributed by atoms with Crippen LogP contribution in [-0.4, -0.2) is 72.1 Å². The number of ketones is 1. The van der Waals surface area contributed by atoms with Gasteiger partial charge in [0.1, 0.15) is 17.6 Å². The lowest BCUT2D eigenvalue weighted by atomic mass is 9.91. The smallest absolute Gasteiger partial charge is 0.295 e. The molecular weight excluding hydrogens is 468 g/mol. The van der Waals surface area contributed by atoms with Crippen molar-refractivity contribution in [2.24, 2.45) is 0 Å². The Hall–Kier alpha value is -3.68. The van der Waals surface area contributed by atoms with Crippen LogP contribution in [0.1, 0.15) is 29.7 Å². The zero-order chi connectivity index (χ0) is 25.5. The molecule has 6 rings (SSSR count). The van der Waals surface area contributed by atoms with Crippen molar-refractivity contribution in [3.05, 3.63) is 82.9 Å². The number of carbonyl (C=O) groups excluding carboxylic acids is 2. The first kappa shape index (κ1) is 23.7. The van der Waals surface area contributed by atoms with Gasteiger partial charge in [0.05, 0.1) is 24.8 Å². The summed E-state index contributed by atoms with van der Waals surface area (Å²) in [6.45, 7) is 5.91. The van der Waals surface area contributed by atoms with Gasteiger partial charge in [0.15, 0.2) is 0 Å². The molecule has 3 aliphatic heterocycles. The molecule has 37 heavy (non-hydrogen) atoms. The largest absolute Gasteiger partial charge is 0.507 e. The number of morpholine rings is 1. The molecule has 3 aliphatic rings. The molecule has 0 aliphatic carbocycles. The molecule has 3 aromatic rings. The molecule has 3 heterocycles. The van der Waals surface area contributed by atoms with Crippen molar-refractivity contribution in [1.82, 2.24) is 9.80 Å². The molecule has 2 atom stereocenters. The van der Waals surface area contributed by atoms with Crippen LogP contribution in [0.2, 0.25) is 0 Å². The molecule has 190 valence electrons. The third-order valence-corrected chi connectivity index (χ3v) is 7.59. The molecule has 0 unspecified atom stereocenters. The summed E-state index contributed by atoms with van der Waals surface area (Å²) in [5, 5.41) is 13.5. The van der Waals surface area contributed by atoms with Crippen molar-refractivity contribution in [2.45, 2.75) is 25.5 Å². The number of fused-ring (bicyclic) bond motifs is 2. The monoisotopic (exact) mass is 498 g/mol. The van der Waals surface area contributed by atoms with Crippen LogP contribution in [0, 0.1) is 0 Å². The number of aliphatic hydroxyl groups is 1. The van der Waals surface area contributed by atoms with E-state index in [1.165, 1.54) is 0 Å². The summed E-state index contributed by atoms with van der Waals surface area (Å²) in [7, 11) is 0. The van der Waals surface area contributed by atoms with Gasteiger partial charge in [0, 0.05) is 38.2 Å². The highest BCUT2D eigenvalue weighted by atomic mass is 16.5. The van der Waals surface area contributed by atoms with E-state index >= 15 is 0 Å². The summed E-state index contributed by atoms with van der Waals surface area (Å²) in [4.78, 5) is 30.8. The molecule has 7 heteroatoms. The summed E-state index contributed by atoms with van der Waals surface area (Å²) >= 11 is 0. The first-order valence-electron chi connectivity index (χ1n) is 12.9. The SMILES string of the molecule is C[C@@H]1Cc2cc(C(O)=C3C(=O)C(=O)N(CCN4CCOCC4)[C@H]3c3cccc4ccccc34)ccc2O1. The third kappa shape index (κ3) is 4.28. The van der Waals surface area contributed by atoms with E-state index in [1.807, 2.05) is 61.5 Å². The number of rotatable bonds is 5. The molecule has 2 fully saturated rings. The van der Waals surface area contributed by atoms with Crippen LogP contribution in [0.15, 0.2) is 66.2 Å². The Balaban J connectivity index is 1.46. The third-order valence-electron chi connectivity index (χ3n) is 7.59. The Bertz CT molecular complexity index is 1400. The number of aliphatic hydroxyl groups excluding tert-OH is 1. The second-order valence-corrected chi connectivity index (χ2v) is 9.97. The van der Waals surface area contributed by atoms with Gasteiger partial charge in [-0.25, -0.2) is 0 Å². The maximum atomic E-state index is 13.5. The minimum absolute atomic E-state index is 0.0637. The van der Waals surface area contributed by atoms with Crippen molar-refractivity contribution >= 4 is 28.2 Å². The van der Waals surface area contributed by atoms with E-state index in [0.29, 0.717) is 31.9 Å². The molecule has 7 nitrogen and oxygen atoms in total. The topological polar surface area (TPSA) is 79.3 Å². The van der Waals surface area contributed by atoms with E-state index in [1.54, 1.807) is 11.0 Å². The number of nitrogens with zero attached hydrogens (tertiary/aromatic N) is 2. The predicted molar refractivity (Wildman–Crippen MR) is 140 cm³/mol. The first-order valence-corrected chi connectivity index (χ1v) is 12.9. The average molecular weight is 499 g/mol. The highest BCUT2D eigenvalue weighted by Gasteiger charge is 2.46. The van der Waals surface area contributed by atoms with Crippen LogP contribution in [0.25, 0.3) is 16.5 Å². The number of carbonyl (C=O) groups is 2. The Morgan fingerprint density at radius 3 is 2.62 bits per heavy atom. The standard InChI is InChI=1S/C30H30N2O5/c1-19-17-22-18-21(9-10-25(22)37-19)28(33)26-27(24-8-4-6-20-5-2-3-7-23(20)24)32(30(35)29(26)34)12-11-31-13-15-36-16-14-31/h2-10,18-19,27,33H,11-17H2,1H3/t19-,27+/m1/s1. The molecule has 0 saturated carbocycles. The Morgan fingerprint density at radius 1 is 1.00 bits per heavy atom.